The van der Waals surface area contributed by atoms with Gasteiger partial charge in [0.2, 0.25) is 6.79 Å². The van der Waals surface area contributed by atoms with Crippen LogP contribution in [0.25, 0.3) is 0 Å². The molecule has 1 fully saturated rings. The fraction of sp³-hybridized carbons (Fsp3) is 0.259. The molecule has 1 saturated heterocycles. The summed E-state index contributed by atoms with van der Waals surface area (Å²) >= 11 is 0. The van der Waals surface area contributed by atoms with Gasteiger partial charge >= 0.3 is 0 Å². The van der Waals surface area contributed by atoms with Crippen molar-refractivity contribution in [2.45, 2.75) is 18.3 Å². The Kier molecular flexibility index (Phi) is 6.18. The zero-order valence-electron chi connectivity index (χ0n) is 18.7. The lowest BCUT2D eigenvalue weighted by molar-refractivity contribution is 0.0486. The van der Waals surface area contributed by atoms with E-state index < -0.39 is 0 Å². The lowest BCUT2D eigenvalue weighted by atomic mass is 9.74. The molecular weight excluding hydrogens is 432 g/mol. The lowest BCUT2D eigenvalue weighted by Gasteiger charge is -2.38. The van der Waals surface area contributed by atoms with Gasteiger partial charge in [-0.1, -0.05) is 24.3 Å². The molecule has 5 rings (SSSR count). The molecule has 2 heterocycles. The number of carbonyl (C=O) groups is 2. The maximum Gasteiger partial charge on any atom is 0.255 e. The number of benzene rings is 3. The normalized spacial score (nSPS) is 16.0. The minimum atomic E-state index is -0.238. The van der Waals surface area contributed by atoms with Crippen LogP contribution in [0.4, 0.5) is 5.69 Å². The summed E-state index contributed by atoms with van der Waals surface area (Å²) in [4.78, 5) is 25.3. The van der Waals surface area contributed by atoms with E-state index in [0.29, 0.717) is 36.6 Å². The molecule has 0 aromatic heterocycles. The van der Waals surface area contributed by atoms with Gasteiger partial charge in [-0.15, -0.1) is 0 Å². The molecule has 0 unspecified atom stereocenters. The first-order valence-corrected chi connectivity index (χ1v) is 11.4. The van der Waals surface area contributed by atoms with Gasteiger partial charge in [-0.3, -0.25) is 9.59 Å². The molecule has 0 atom stereocenters. The maximum absolute atomic E-state index is 12.9. The minimum Gasteiger partial charge on any atom is -0.454 e. The van der Waals surface area contributed by atoms with Crippen molar-refractivity contribution in [3.05, 3.63) is 89.5 Å². The van der Waals surface area contributed by atoms with Gasteiger partial charge in [0.15, 0.2) is 11.5 Å². The summed E-state index contributed by atoms with van der Waals surface area (Å²) in [6, 6.07) is 21.9. The van der Waals surface area contributed by atoms with Crippen molar-refractivity contribution in [3.8, 4) is 11.5 Å². The van der Waals surface area contributed by atoms with Crippen LogP contribution >= 0.6 is 0 Å². The second kappa shape index (κ2) is 9.57. The van der Waals surface area contributed by atoms with E-state index in [4.69, 9.17) is 14.2 Å². The summed E-state index contributed by atoms with van der Waals surface area (Å²) in [6.07, 6.45) is 1.61. The highest BCUT2D eigenvalue weighted by Crippen LogP contribution is 2.40. The number of hydrogen-bond acceptors (Lipinski definition) is 5. The summed E-state index contributed by atoms with van der Waals surface area (Å²) in [6.45, 7) is 2.00. The summed E-state index contributed by atoms with van der Waals surface area (Å²) in [5.74, 6) is 1.13. The number of nitrogens with one attached hydrogen (secondary N) is 2. The average molecular weight is 459 g/mol. The Morgan fingerprint density at radius 1 is 0.794 bits per heavy atom. The van der Waals surface area contributed by atoms with Gasteiger partial charge in [-0.25, -0.2) is 0 Å². The van der Waals surface area contributed by atoms with Crippen molar-refractivity contribution in [1.82, 2.24) is 5.32 Å². The molecule has 3 aromatic rings. The molecule has 2 amide bonds. The first kappa shape index (κ1) is 22.0. The smallest absolute Gasteiger partial charge is 0.255 e. The average Bonchev–Trinajstić information content (AvgIpc) is 3.37. The van der Waals surface area contributed by atoms with Crippen molar-refractivity contribution in [3.63, 3.8) is 0 Å². The minimum absolute atomic E-state index is 0.160. The van der Waals surface area contributed by atoms with Crippen molar-refractivity contribution in [2.24, 2.45) is 0 Å². The molecule has 7 heteroatoms. The maximum atomic E-state index is 12.9. The molecule has 2 aliphatic heterocycles. The van der Waals surface area contributed by atoms with Gasteiger partial charge in [-0.2, -0.15) is 0 Å². The molecule has 174 valence electrons. The van der Waals surface area contributed by atoms with Crippen LogP contribution in [0.15, 0.2) is 72.8 Å². The van der Waals surface area contributed by atoms with Crippen molar-refractivity contribution in [1.29, 1.82) is 0 Å². The standard InChI is InChI=1S/C27H26N2O5/c30-25(20-6-9-22(10-7-20)29-26(31)19-4-2-1-3-5-19)28-17-27(12-14-32-15-13-27)21-8-11-23-24(16-21)34-18-33-23/h1-11,16H,12-15,17-18H2,(H,28,30)(H,29,31). The largest absolute Gasteiger partial charge is 0.454 e. The molecule has 0 spiro atoms. The van der Waals surface area contributed by atoms with Gasteiger partial charge < -0.3 is 24.8 Å². The van der Waals surface area contributed by atoms with E-state index in [1.165, 1.54) is 0 Å². The summed E-state index contributed by atoms with van der Waals surface area (Å²) in [5.41, 5.74) is 2.62. The van der Waals surface area contributed by atoms with E-state index in [2.05, 4.69) is 16.7 Å². The van der Waals surface area contributed by atoms with Crippen molar-refractivity contribution < 1.29 is 23.8 Å². The Morgan fingerprint density at radius 3 is 2.26 bits per heavy atom. The number of amides is 2. The fourth-order valence-electron chi connectivity index (χ4n) is 4.41. The number of fused-ring (bicyclic) bond motifs is 1. The van der Waals surface area contributed by atoms with E-state index in [9.17, 15) is 9.59 Å². The molecule has 34 heavy (non-hydrogen) atoms. The number of rotatable bonds is 6. The Morgan fingerprint density at radius 2 is 1.50 bits per heavy atom. The van der Waals surface area contributed by atoms with Crippen molar-refractivity contribution >= 4 is 17.5 Å². The molecule has 0 aliphatic carbocycles. The summed E-state index contributed by atoms with van der Waals surface area (Å²) in [7, 11) is 0. The number of hydrogen-bond donors (Lipinski definition) is 2. The topological polar surface area (TPSA) is 85.9 Å². The highest BCUT2D eigenvalue weighted by Gasteiger charge is 2.36. The number of anilines is 1. The third-order valence-corrected chi connectivity index (χ3v) is 6.46. The molecule has 2 N–H and O–H groups in total. The molecule has 7 nitrogen and oxygen atoms in total. The Balaban J connectivity index is 1.25. The Labute approximate surface area is 198 Å². The third-order valence-electron chi connectivity index (χ3n) is 6.46. The molecule has 0 saturated carbocycles. The molecule has 0 bridgehead atoms. The van der Waals surface area contributed by atoms with Crippen LogP contribution in [0.2, 0.25) is 0 Å². The number of carbonyl (C=O) groups excluding carboxylic acids is 2. The molecule has 2 aliphatic rings. The predicted molar refractivity (Wildman–Crippen MR) is 127 cm³/mol. The monoisotopic (exact) mass is 458 g/mol. The third kappa shape index (κ3) is 4.61. The Hall–Kier alpha value is -3.84. The van der Waals surface area contributed by atoms with Crippen molar-refractivity contribution in [2.75, 3.05) is 31.9 Å². The number of ether oxygens (including phenoxy) is 3. The van der Waals surface area contributed by atoms with Crippen LogP contribution in [0, 0.1) is 0 Å². The van der Waals surface area contributed by atoms with Crippen LogP contribution in [-0.2, 0) is 10.2 Å². The van der Waals surface area contributed by atoms with Crippen LogP contribution in [-0.4, -0.2) is 38.4 Å². The van der Waals surface area contributed by atoms with Crippen LogP contribution in [0.5, 0.6) is 11.5 Å². The van der Waals surface area contributed by atoms with Gasteiger partial charge in [-0.05, 0) is 66.9 Å². The highest BCUT2D eigenvalue weighted by atomic mass is 16.7. The van der Waals surface area contributed by atoms with E-state index in [0.717, 1.165) is 29.9 Å². The van der Waals surface area contributed by atoms with Crippen LogP contribution < -0.4 is 20.1 Å². The second-order valence-corrected chi connectivity index (χ2v) is 8.54. The SMILES string of the molecule is O=C(NCC1(c2ccc3c(c2)OCO3)CCOCC1)c1ccc(NC(=O)c2ccccc2)cc1. The van der Waals surface area contributed by atoms with E-state index >= 15 is 0 Å². The fourth-order valence-corrected chi connectivity index (χ4v) is 4.41. The summed E-state index contributed by atoms with van der Waals surface area (Å²) in [5, 5.41) is 5.96. The zero-order valence-corrected chi connectivity index (χ0v) is 18.7. The Bertz CT molecular complexity index is 1170. The van der Waals surface area contributed by atoms with Gasteiger partial charge in [0.05, 0.1) is 0 Å². The van der Waals surface area contributed by atoms with E-state index in [1.807, 2.05) is 30.3 Å². The molecular formula is C27H26N2O5. The summed E-state index contributed by atoms with van der Waals surface area (Å²) < 4.78 is 16.6. The second-order valence-electron chi connectivity index (χ2n) is 8.54. The molecule has 0 radical (unpaired) electrons. The van der Waals surface area contributed by atoms with Gasteiger partial charge in [0, 0.05) is 42.0 Å². The predicted octanol–water partition coefficient (Wildman–Crippen LogP) is 4.15. The van der Waals surface area contributed by atoms with Crippen LogP contribution in [0.1, 0.15) is 39.1 Å². The first-order chi connectivity index (χ1) is 16.6. The highest BCUT2D eigenvalue weighted by molar-refractivity contribution is 6.04. The van der Waals surface area contributed by atoms with Gasteiger partial charge in [0.25, 0.3) is 11.8 Å². The first-order valence-electron chi connectivity index (χ1n) is 11.4. The molecule has 3 aromatic carbocycles. The lowest BCUT2D eigenvalue weighted by Crippen LogP contribution is -2.44. The van der Waals surface area contributed by atoms with E-state index in [1.54, 1.807) is 36.4 Å². The zero-order chi connectivity index (χ0) is 23.4. The van der Waals surface area contributed by atoms with Gasteiger partial charge in [0.1, 0.15) is 0 Å². The quantitative estimate of drug-likeness (QED) is 0.580. The van der Waals surface area contributed by atoms with E-state index in [-0.39, 0.29) is 24.0 Å². The van der Waals surface area contributed by atoms with Crippen LogP contribution in [0.3, 0.4) is 0 Å².